The van der Waals surface area contributed by atoms with Gasteiger partial charge < -0.3 is 9.84 Å². The molecule has 1 unspecified atom stereocenters. The molecule has 0 aliphatic heterocycles. The van der Waals surface area contributed by atoms with Crippen molar-refractivity contribution in [1.82, 2.24) is 0 Å². The zero-order valence-electron chi connectivity index (χ0n) is 8.76. The van der Waals surface area contributed by atoms with Gasteiger partial charge in [-0.05, 0) is 18.6 Å². The first kappa shape index (κ1) is 12.3. The Morgan fingerprint density at radius 3 is 2.73 bits per heavy atom. The van der Waals surface area contributed by atoms with E-state index in [0.29, 0.717) is 12.2 Å². The van der Waals surface area contributed by atoms with Crippen molar-refractivity contribution < 1.29 is 14.2 Å². The zero-order valence-corrected chi connectivity index (χ0v) is 9.51. The van der Waals surface area contributed by atoms with E-state index in [2.05, 4.69) is 0 Å². The number of rotatable bonds is 4. The van der Waals surface area contributed by atoms with Gasteiger partial charge in [0.15, 0.2) is 0 Å². The highest BCUT2D eigenvalue weighted by atomic mass is 35.5. The van der Waals surface area contributed by atoms with Gasteiger partial charge in [-0.25, -0.2) is 4.39 Å². The van der Waals surface area contributed by atoms with Crippen molar-refractivity contribution in [2.75, 3.05) is 7.11 Å². The number of benzene rings is 1. The number of ether oxygens (including phenoxy) is 1. The van der Waals surface area contributed by atoms with E-state index < -0.39 is 11.9 Å². The average Bonchev–Trinajstić information content (AvgIpc) is 2.18. The largest absolute Gasteiger partial charge is 0.495 e. The van der Waals surface area contributed by atoms with Crippen LogP contribution in [-0.4, -0.2) is 12.2 Å². The highest BCUT2D eigenvalue weighted by Crippen LogP contribution is 2.31. The molecule has 0 bridgehead atoms. The highest BCUT2D eigenvalue weighted by molar-refractivity contribution is 6.32. The monoisotopic (exact) mass is 232 g/mol. The molecule has 0 aliphatic rings. The Morgan fingerprint density at radius 1 is 1.53 bits per heavy atom. The van der Waals surface area contributed by atoms with Crippen LogP contribution in [-0.2, 0) is 0 Å². The third-order valence-corrected chi connectivity index (χ3v) is 2.49. The summed E-state index contributed by atoms with van der Waals surface area (Å²) in [5.74, 6) is -0.120. The second kappa shape index (κ2) is 5.33. The Hall–Kier alpha value is -0.800. The molecule has 0 saturated heterocycles. The molecule has 1 rings (SSSR count). The summed E-state index contributed by atoms with van der Waals surface area (Å²) in [5, 5.41) is 9.88. The van der Waals surface area contributed by atoms with Crippen molar-refractivity contribution >= 4 is 11.6 Å². The third kappa shape index (κ3) is 2.83. The number of hydrogen-bond donors (Lipinski definition) is 1. The fourth-order valence-corrected chi connectivity index (χ4v) is 1.61. The topological polar surface area (TPSA) is 29.5 Å². The van der Waals surface area contributed by atoms with Gasteiger partial charge in [0.1, 0.15) is 11.6 Å². The molecule has 1 aromatic carbocycles. The van der Waals surface area contributed by atoms with Crippen molar-refractivity contribution in [2.45, 2.75) is 25.9 Å². The number of hydrogen-bond acceptors (Lipinski definition) is 2. The van der Waals surface area contributed by atoms with Gasteiger partial charge in [-0.1, -0.05) is 24.9 Å². The first-order chi connectivity index (χ1) is 7.10. The van der Waals surface area contributed by atoms with Crippen LogP contribution in [0, 0.1) is 5.82 Å². The van der Waals surface area contributed by atoms with E-state index in [4.69, 9.17) is 16.3 Å². The summed E-state index contributed by atoms with van der Waals surface area (Å²) in [4.78, 5) is 0. The Morgan fingerprint density at radius 2 is 2.20 bits per heavy atom. The smallest absolute Gasteiger partial charge is 0.138 e. The number of aliphatic hydroxyl groups excluding tert-OH is 1. The van der Waals surface area contributed by atoms with Gasteiger partial charge in [0, 0.05) is 5.56 Å². The van der Waals surface area contributed by atoms with Crippen LogP contribution < -0.4 is 4.74 Å². The second-order valence-corrected chi connectivity index (χ2v) is 3.72. The first-order valence-corrected chi connectivity index (χ1v) is 5.19. The van der Waals surface area contributed by atoms with Crippen molar-refractivity contribution in [2.24, 2.45) is 0 Å². The third-order valence-electron chi connectivity index (χ3n) is 2.19. The number of halogens is 2. The fraction of sp³-hybridized carbons (Fsp3) is 0.455. The second-order valence-electron chi connectivity index (χ2n) is 3.31. The van der Waals surface area contributed by atoms with Crippen LogP contribution in [0.25, 0.3) is 0 Å². The molecule has 0 spiro atoms. The molecule has 0 aliphatic carbocycles. The maximum absolute atomic E-state index is 13.4. The summed E-state index contributed by atoms with van der Waals surface area (Å²) in [7, 11) is 1.45. The summed E-state index contributed by atoms with van der Waals surface area (Å²) in [5.41, 5.74) is 0.234. The van der Waals surface area contributed by atoms with Crippen LogP contribution in [0.1, 0.15) is 31.4 Å². The van der Waals surface area contributed by atoms with Gasteiger partial charge in [-0.15, -0.1) is 0 Å². The van der Waals surface area contributed by atoms with Gasteiger partial charge in [0.25, 0.3) is 0 Å². The van der Waals surface area contributed by atoms with Crippen LogP contribution in [0.4, 0.5) is 4.39 Å². The summed E-state index contributed by atoms with van der Waals surface area (Å²) < 4.78 is 18.4. The van der Waals surface area contributed by atoms with E-state index >= 15 is 0 Å². The van der Waals surface area contributed by atoms with Crippen molar-refractivity contribution in [1.29, 1.82) is 0 Å². The van der Waals surface area contributed by atoms with Crippen molar-refractivity contribution in [3.05, 3.63) is 28.5 Å². The molecule has 15 heavy (non-hydrogen) atoms. The van der Waals surface area contributed by atoms with Crippen LogP contribution >= 0.6 is 11.6 Å². The molecule has 1 aromatic rings. The molecule has 2 nitrogen and oxygen atoms in total. The molecule has 0 heterocycles. The predicted octanol–water partition coefficient (Wildman–Crippen LogP) is 3.32. The van der Waals surface area contributed by atoms with Crippen molar-refractivity contribution in [3.8, 4) is 5.75 Å². The summed E-state index contributed by atoms with van der Waals surface area (Å²) >= 11 is 5.74. The van der Waals surface area contributed by atoms with E-state index in [0.717, 1.165) is 12.5 Å². The SMILES string of the molecule is CCCC(O)c1cc(OC)c(Cl)cc1F. The fourth-order valence-electron chi connectivity index (χ4n) is 1.39. The van der Waals surface area contributed by atoms with Gasteiger partial charge >= 0.3 is 0 Å². The Labute approximate surface area is 93.6 Å². The van der Waals surface area contributed by atoms with Gasteiger partial charge in [0.05, 0.1) is 18.2 Å². The highest BCUT2D eigenvalue weighted by Gasteiger charge is 2.15. The molecule has 0 saturated carbocycles. The minimum absolute atomic E-state index is 0.211. The Bertz CT molecular complexity index is 342. The summed E-state index contributed by atoms with van der Waals surface area (Å²) in [6.07, 6.45) is 0.494. The molecule has 84 valence electrons. The molecule has 0 fully saturated rings. The average molecular weight is 233 g/mol. The van der Waals surface area contributed by atoms with E-state index in [9.17, 15) is 9.50 Å². The molecule has 0 amide bonds. The maximum Gasteiger partial charge on any atom is 0.138 e. The minimum Gasteiger partial charge on any atom is -0.495 e. The van der Waals surface area contributed by atoms with E-state index in [1.807, 2.05) is 6.92 Å². The quantitative estimate of drug-likeness (QED) is 0.863. The molecule has 0 aromatic heterocycles. The lowest BCUT2D eigenvalue weighted by atomic mass is 10.0. The lowest BCUT2D eigenvalue weighted by molar-refractivity contribution is 0.161. The molecule has 1 N–H and O–H groups in total. The van der Waals surface area contributed by atoms with Crippen LogP contribution in [0.3, 0.4) is 0 Å². The standard InChI is InChI=1S/C11H14ClFO2/c1-3-4-10(14)7-5-11(15-2)8(12)6-9(7)13/h5-6,10,14H,3-4H2,1-2H3. The first-order valence-electron chi connectivity index (χ1n) is 4.81. The lowest BCUT2D eigenvalue weighted by Gasteiger charge is -2.13. The molecule has 1 atom stereocenters. The zero-order chi connectivity index (χ0) is 11.4. The Balaban J connectivity index is 3.06. The van der Waals surface area contributed by atoms with Gasteiger partial charge in [-0.3, -0.25) is 0 Å². The van der Waals surface area contributed by atoms with E-state index in [-0.39, 0.29) is 10.6 Å². The molecule has 0 radical (unpaired) electrons. The molecular weight excluding hydrogens is 219 g/mol. The normalized spacial score (nSPS) is 12.6. The van der Waals surface area contributed by atoms with Crippen LogP contribution in [0.5, 0.6) is 5.75 Å². The molecule has 4 heteroatoms. The maximum atomic E-state index is 13.4. The van der Waals surface area contributed by atoms with Gasteiger partial charge in [-0.2, -0.15) is 0 Å². The Kier molecular flexibility index (Phi) is 4.36. The minimum atomic E-state index is -0.804. The predicted molar refractivity (Wildman–Crippen MR) is 57.8 cm³/mol. The lowest BCUT2D eigenvalue weighted by Crippen LogP contribution is -2.01. The summed E-state index contributed by atoms with van der Waals surface area (Å²) in [6.45, 7) is 1.92. The van der Waals surface area contributed by atoms with Gasteiger partial charge in [0.2, 0.25) is 0 Å². The van der Waals surface area contributed by atoms with Crippen LogP contribution in [0.15, 0.2) is 12.1 Å². The van der Waals surface area contributed by atoms with E-state index in [1.54, 1.807) is 0 Å². The number of aliphatic hydroxyl groups is 1. The number of methoxy groups -OCH3 is 1. The van der Waals surface area contributed by atoms with Crippen LogP contribution in [0.2, 0.25) is 5.02 Å². The summed E-state index contributed by atoms with van der Waals surface area (Å²) in [6, 6.07) is 2.60. The molecular formula is C11H14ClFO2. The van der Waals surface area contributed by atoms with E-state index in [1.165, 1.54) is 13.2 Å². The van der Waals surface area contributed by atoms with Crippen molar-refractivity contribution in [3.63, 3.8) is 0 Å².